The van der Waals surface area contributed by atoms with Crippen molar-refractivity contribution in [2.45, 2.75) is 23.9 Å². The van der Waals surface area contributed by atoms with Gasteiger partial charge in [-0.1, -0.05) is 18.0 Å². The number of hydrogen-bond acceptors (Lipinski definition) is 6. The van der Waals surface area contributed by atoms with Crippen LogP contribution >= 0.6 is 11.9 Å². The zero-order valence-electron chi connectivity index (χ0n) is 12.0. The number of pyridine rings is 1. The van der Waals surface area contributed by atoms with Crippen molar-refractivity contribution in [3.8, 4) is 0 Å². The van der Waals surface area contributed by atoms with Gasteiger partial charge >= 0.3 is 6.03 Å². The molecule has 4 rings (SSSR count). The largest absolute Gasteiger partial charge is 0.467 e. The number of carbonyl (C=O) groups is 2. The second kappa shape index (κ2) is 5.71. The van der Waals surface area contributed by atoms with Crippen LogP contribution in [0.4, 0.5) is 4.79 Å². The van der Waals surface area contributed by atoms with Gasteiger partial charge in [-0.05, 0) is 24.3 Å². The molecule has 2 aliphatic heterocycles. The topological polar surface area (TPSA) is 87.5 Å². The molecule has 3 amide bonds. The normalized spacial score (nSPS) is 27.0. The number of hydrogen-bond donors (Lipinski definition) is 2. The van der Waals surface area contributed by atoms with E-state index >= 15 is 0 Å². The van der Waals surface area contributed by atoms with Crippen LogP contribution in [0.2, 0.25) is 0 Å². The van der Waals surface area contributed by atoms with Crippen LogP contribution in [-0.2, 0) is 11.3 Å². The zero-order chi connectivity index (χ0) is 15.8. The number of amides is 3. The van der Waals surface area contributed by atoms with Gasteiger partial charge in [-0.25, -0.2) is 4.79 Å². The highest BCUT2D eigenvalue weighted by Crippen LogP contribution is 2.36. The summed E-state index contributed by atoms with van der Waals surface area (Å²) in [4.78, 5) is 30.5. The van der Waals surface area contributed by atoms with Gasteiger partial charge in [0.05, 0.1) is 30.6 Å². The van der Waals surface area contributed by atoms with E-state index in [1.165, 1.54) is 23.1 Å². The highest BCUT2D eigenvalue weighted by atomic mass is 32.2. The fourth-order valence-corrected chi connectivity index (χ4v) is 3.98. The smallest absolute Gasteiger partial charge is 0.324 e. The minimum absolute atomic E-state index is 0.135. The molecule has 0 aromatic carbocycles. The van der Waals surface area contributed by atoms with E-state index < -0.39 is 6.03 Å². The quantitative estimate of drug-likeness (QED) is 0.829. The van der Waals surface area contributed by atoms with Crippen molar-refractivity contribution in [3.63, 3.8) is 0 Å². The molecule has 0 aliphatic carbocycles. The van der Waals surface area contributed by atoms with Crippen LogP contribution in [0.15, 0.2) is 47.2 Å². The summed E-state index contributed by atoms with van der Waals surface area (Å²) in [5, 5.41) is 2.54. The van der Waals surface area contributed by atoms with E-state index in [-0.39, 0.29) is 29.8 Å². The molecule has 118 valence electrons. The van der Waals surface area contributed by atoms with Crippen molar-refractivity contribution >= 4 is 23.9 Å². The van der Waals surface area contributed by atoms with E-state index in [9.17, 15) is 9.59 Å². The molecule has 3 atom stereocenters. The lowest BCUT2D eigenvalue weighted by Crippen LogP contribution is -2.61. The molecule has 4 heterocycles. The first-order valence-corrected chi connectivity index (χ1v) is 8.08. The number of nitrogens with zero attached hydrogens (tertiary/aromatic N) is 2. The Kier molecular flexibility index (Phi) is 3.55. The summed E-state index contributed by atoms with van der Waals surface area (Å²) < 4.78 is 8.44. The lowest BCUT2D eigenvalue weighted by Gasteiger charge is -2.34. The zero-order valence-corrected chi connectivity index (χ0v) is 12.8. The Hall–Kier alpha value is -2.32. The molecule has 2 N–H and O–H groups in total. The summed E-state index contributed by atoms with van der Waals surface area (Å²) in [5.74, 6) is 0.357. The highest BCUT2D eigenvalue weighted by Gasteiger charge is 2.50. The molecule has 23 heavy (non-hydrogen) atoms. The summed E-state index contributed by atoms with van der Waals surface area (Å²) in [5.41, 5.74) is 0.806. The van der Waals surface area contributed by atoms with Crippen LogP contribution in [0, 0.1) is 0 Å². The SMILES string of the molecule is O=C1NC2C(SNC2c2ccccn2)C(=O)N1Cc1ccco1. The molecule has 2 aliphatic rings. The highest BCUT2D eigenvalue weighted by molar-refractivity contribution is 7.99. The Balaban J connectivity index is 1.56. The molecule has 0 spiro atoms. The van der Waals surface area contributed by atoms with Gasteiger partial charge in [-0.15, -0.1) is 0 Å². The van der Waals surface area contributed by atoms with Crippen molar-refractivity contribution in [2.75, 3.05) is 0 Å². The maximum Gasteiger partial charge on any atom is 0.324 e. The van der Waals surface area contributed by atoms with E-state index in [2.05, 4.69) is 15.0 Å². The predicted octanol–water partition coefficient (Wildman–Crippen LogP) is 1.46. The Bertz CT molecular complexity index is 722. The molecule has 2 aromatic heterocycles. The maximum atomic E-state index is 12.7. The van der Waals surface area contributed by atoms with E-state index in [0.29, 0.717) is 5.76 Å². The number of nitrogens with one attached hydrogen (secondary N) is 2. The standard InChI is InChI=1S/C15H14N4O3S/c20-14-13-12(11(18-23-13)10-5-1-2-6-16-10)17-15(21)19(14)8-9-4-3-7-22-9/h1-7,11-13,18H,8H2,(H,17,21). The molecule has 7 nitrogen and oxygen atoms in total. The average Bonchev–Trinajstić information content (AvgIpc) is 3.22. The van der Waals surface area contributed by atoms with Gasteiger partial charge in [0.25, 0.3) is 0 Å². The number of rotatable bonds is 3. The monoisotopic (exact) mass is 330 g/mol. The number of carbonyl (C=O) groups excluding carboxylic acids is 2. The predicted molar refractivity (Wildman–Crippen MR) is 83.1 cm³/mol. The molecular weight excluding hydrogens is 316 g/mol. The summed E-state index contributed by atoms with van der Waals surface area (Å²) >= 11 is 1.33. The summed E-state index contributed by atoms with van der Waals surface area (Å²) in [7, 11) is 0. The van der Waals surface area contributed by atoms with Crippen LogP contribution < -0.4 is 10.0 Å². The summed E-state index contributed by atoms with van der Waals surface area (Å²) in [6.07, 6.45) is 3.22. The van der Waals surface area contributed by atoms with Crippen LogP contribution in [0.5, 0.6) is 0 Å². The average molecular weight is 330 g/mol. The third-order valence-corrected chi connectivity index (χ3v) is 5.09. The van der Waals surface area contributed by atoms with Crippen molar-refractivity contribution in [1.82, 2.24) is 19.9 Å². The molecular formula is C15H14N4O3S. The molecule has 2 fully saturated rings. The lowest BCUT2D eigenvalue weighted by molar-refractivity contribution is -0.130. The minimum Gasteiger partial charge on any atom is -0.467 e. The maximum absolute atomic E-state index is 12.7. The lowest BCUT2D eigenvalue weighted by atomic mass is 9.99. The van der Waals surface area contributed by atoms with Gasteiger partial charge in [-0.2, -0.15) is 0 Å². The second-order valence-electron chi connectivity index (χ2n) is 5.37. The summed E-state index contributed by atoms with van der Waals surface area (Å²) in [6.45, 7) is 0.135. The van der Waals surface area contributed by atoms with Crippen molar-refractivity contribution in [1.29, 1.82) is 0 Å². The Morgan fingerprint density at radius 2 is 2.17 bits per heavy atom. The first-order chi connectivity index (χ1) is 11.2. The van der Waals surface area contributed by atoms with E-state index in [4.69, 9.17) is 4.42 Å². The Labute approximate surface area is 136 Å². The fraction of sp³-hybridized carbons (Fsp3) is 0.267. The van der Waals surface area contributed by atoms with Gasteiger partial charge in [0.2, 0.25) is 5.91 Å². The Morgan fingerprint density at radius 3 is 2.91 bits per heavy atom. The van der Waals surface area contributed by atoms with Crippen molar-refractivity contribution < 1.29 is 14.0 Å². The Morgan fingerprint density at radius 1 is 1.26 bits per heavy atom. The van der Waals surface area contributed by atoms with E-state index in [1.54, 1.807) is 18.3 Å². The van der Waals surface area contributed by atoms with Crippen molar-refractivity contribution in [3.05, 3.63) is 54.2 Å². The van der Waals surface area contributed by atoms with E-state index in [1.807, 2.05) is 18.2 Å². The van der Waals surface area contributed by atoms with Gasteiger partial charge < -0.3 is 9.73 Å². The van der Waals surface area contributed by atoms with Gasteiger partial charge in [-0.3, -0.25) is 19.4 Å². The first-order valence-electron chi connectivity index (χ1n) is 7.20. The number of aromatic nitrogens is 1. The third kappa shape index (κ3) is 2.49. The van der Waals surface area contributed by atoms with E-state index in [0.717, 1.165) is 5.69 Å². The number of fused-ring (bicyclic) bond motifs is 1. The molecule has 2 aromatic rings. The first kappa shape index (κ1) is 14.3. The molecule has 3 unspecified atom stereocenters. The number of urea groups is 1. The van der Waals surface area contributed by atoms with Crippen LogP contribution in [0.25, 0.3) is 0 Å². The molecule has 0 saturated carbocycles. The van der Waals surface area contributed by atoms with Gasteiger partial charge in [0.1, 0.15) is 11.0 Å². The summed E-state index contributed by atoms with van der Waals surface area (Å²) in [6, 6.07) is 8.16. The van der Waals surface area contributed by atoms with Crippen molar-refractivity contribution in [2.24, 2.45) is 0 Å². The molecule has 0 radical (unpaired) electrons. The van der Waals surface area contributed by atoms with Gasteiger partial charge in [0.15, 0.2) is 0 Å². The number of imide groups is 1. The minimum atomic E-state index is -0.405. The number of furan rings is 1. The second-order valence-corrected chi connectivity index (χ2v) is 6.35. The van der Waals surface area contributed by atoms with Crippen LogP contribution in [0.3, 0.4) is 0 Å². The molecule has 0 bridgehead atoms. The fourth-order valence-electron chi connectivity index (χ4n) is 2.82. The van der Waals surface area contributed by atoms with Crippen LogP contribution in [0.1, 0.15) is 17.5 Å². The third-order valence-electron chi connectivity index (χ3n) is 3.95. The van der Waals surface area contributed by atoms with Gasteiger partial charge in [0, 0.05) is 6.20 Å². The van der Waals surface area contributed by atoms with Crippen LogP contribution in [-0.4, -0.2) is 33.1 Å². The molecule has 8 heteroatoms. The molecule has 2 saturated heterocycles.